The predicted octanol–water partition coefficient (Wildman–Crippen LogP) is 5.37. The summed E-state index contributed by atoms with van der Waals surface area (Å²) in [4.78, 5) is 26.9. The van der Waals surface area contributed by atoms with Crippen LogP contribution in [-0.2, 0) is 54.8 Å². The van der Waals surface area contributed by atoms with Gasteiger partial charge in [-0.2, -0.15) is 0 Å². The van der Waals surface area contributed by atoms with E-state index in [2.05, 4.69) is 6.30 Å². The van der Waals surface area contributed by atoms with Crippen LogP contribution in [-0.4, -0.2) is 75.3 Å². The van der Waals surface area contributed by atoms with E-state index in [-0.39, 0.29) is 44.3 Å². The Morgan fingerprint density at radius 2 is 1.36 bits per heavy atom. The Labute approximate surface area is 258 Å². The van der Waals surface area contributed by atoms with E-state index >= 15 is 0 Å². The zero-order valence-corrected chi connectivity index (χ0v) is 27.1. The van der Waals surface area contributed by atoms with Crippen LogP contribution < -0.4 is 0 Å². The number of carbonyl (C=O) groups excluding carboxylic acids is 2. The highest BCUT2D eigenvalue weighted by atomic mass is 31.2. The van der Waals surface area contributed by atoms with Crippen LogP contribution in [0.25, 0.3) is 0 Å². The van der Waals surface area contributed by atoms with Crippen LogP contribution in [0, 0.1) is 11.8 Å². The first-order chi connectivity index (χ1) is 21.0. The van der Waals surface area contributed by atoms with Crippen molar-refractivity contribution in [1.82, 2.24) is 0 Å². The second-order valence-corrected chi connectivity index (χ2v) is 15.5. The van der Waals surface area contributed by atoms with Crippen LogP contribution in [0.2, 0.25) is 0 Å². The predicted molar refractivity (Wildman–Crippen MR) is 166 cm³/mol. The van der Waals surface area contributed by atoms with Gasteiger partial charge in [0.1, 0.15) is 33.3 Å². The number of benzene rings is 2. The van der Waals surface area contributed by atoms with Gasteiger partial charge in [0.25, 0.3) is 0 Å². The quantitative estimate of drug-likeness (QED) is 0.297. The Hall–Kier alpha value is -2.27. The Balaban J connectivity index is 1.41. The van der Waals surface area contributed by atoms with Gasteiger partial charge in [0.15, 0.2) is 0 Å². The monoisotopic (exact) mass is 648 g/mol. The van der Waals surface area contributed by atoms with Gasteiger partial charge in [-0.25, -0.2) is 14.2 Å². The number of hydrogen-bond acceptors (Lipinski definition) is 11. The van der Waals surface area contributed by atoms with Crippen LogP contribution >= 0.6 is 14.9 Å². The van der Waals surface area contributed by atoms with Gasteiger partial charge in [-0.15, -0.1) is 0 Å². The summed E-state index contributed by atoms with van der Waals surface area (Å²) < 4.78 is 61.9. The molecule has 44 heavy (non-hydrogen) atoms. The van der Waals surface area contributed by atoms with Crippen molar-refractivity contribution in [3.05, 3.63) is 71.8 Å². The number of carbonyl (C=O) groups is 2. The molecule has 5 rings (SSSR count). The fourth-order valence-electron chi connectivity index (χ4n) is 5.46. The molecule has 0 saturated carbocycles. The first-order valence-corrected chi connectivity index (χ1v) is 18.1. The molecule has 10 atom stereocenters. The molecule has 0 spiro atoms. The molecule has 0 N–H and O–H groups in total. The van der Waals surface area contributed by atoms with E-state index in [9.17, 15) is 14.2 Å². The average molecular weight is 648 g/mol. The molecule has 3 aliphatic rings. The molecule has 3 fully saturated rings. The van der Waals surface area contributed by atoms with E-state index in [1.165, 1.54) is 0 Å². The third-order valence-electron chi connectivity index (χ3n) is 8.29. The SMILES string of the molecule is B[C@@H]1O[C@@H]2COP(=C)(C(=O)OCc3ccccc3)O[C@@H]3[C@H](C)[C@@H](COP(=O)(C(=O)OCc4ccccc4)O[C@H]2[C@H]1C)O[C@H]3C. The molecule has 0 aromatic heterocycles. The highest BCUT2D eigenvalue weighted by molar-refractivity contribution is 7.80. The van der Waals surface area contributed by atoms with Crippen LogP contribution in [0.5, 0.6) is 0 Å². The maximum Gasteiger partial charge on any atom is 0.438 e. The van der Waals surface area contributed by atoms with Crippen molar-refractivity contribution in [3.8, 4) is 0 Å². The minimum atomic E-state index is -4.53. The standard InChI is InChI=1S/C30H39BO11P2/c1-19-24-17-38-44(34,30(33)36-16-23-13-9-6-10-14-23)42-27-20(2)28(31)40-25(27)18-37-43(4,41-26(19)21(3)39-24)29(32)35-15-22-11-7-5-8-12-22/h5-14,19-21,24-28H,4,15-18,31H2,1-3H3/t19-,20-,21+,24-,25-,26-,27+,28-,43?,44?/m1/s1. The van der Waals surface area contributed by atoms with E-state index < -0.39 is 56.9 Å². The van der Waals surface area contributed by atoms with Gasteiger partial charge in [0, 0.05) is 17.8 Å². The summed E-state index contributed by atoms with van der Waals surface area (Å²) >= 11 is 0. The molecule has 2 bridgehead atoms. The summed E-state index contributed by atoms with van der Waals surface area (Å²) in [5.74, 6) is -0.677. The summed E-state index contributed by atoms with van der Waals surface area (Å²) in [6.45, 7) is 4.94. The van der Waals surface area contributed by atoms with Crippen molar-refractivity contribution in [2.75, 3.05) is 13.2 Å². The van der Waals surface area contributed by atoms with E-state index in [1.807, 2.05) is 70.2 Å². The zero-order valence-electron chi connectivity index (χ0n) is 25.3. The molecule has 14 heteroatoms. The number of ether oxygens (including phenoxy) is 4. The minimum absolute atomic E-state index is 0.0143. The van der Waals surface area contributed by atoms with E-state index in [0.29, 0.717) is 5.56 Å². The van der Waals surface area contributed by atoms with Crippen molar-refractivity contribution < 1.29 is 51.2 Å². The van der Waals surface area contributed by atoms with Crippen molar-refractivity contribution in [3.63, 3.8) is 0 Å². The molecule has 0 radical (unpaired) electrons. The second kappa shape index (κ2) is 14.0. The molecule has 2 aromatic carbocycles. The third-order valence-corrected chi connectivity index (χ3v) is 11.7. The average Bonchev–Trinajstić information content (AvgIpc) is 3.45. The van der Waals surface area contributed by atoms with Crippen molar-refractivity contribution in [2.45, 2.75) is 70.5 Å². The van der Waals surface area contributed by atoms with E-state index in [1.54, 1.807) is 19.1 Å². The van der Waals surface area contributed by atoms with Crippen LogP contribution in [0.4, 0.5) is 9.59 Å². The van der Waals surface area contributed by atoms with Crippen molar-refractivity contribution in [1.29, 1.82) is 0 Å². The summed E-state index contributed by atoms with van der Waals surface area (Å²) in [5, 5.41) is 0. The highest BCUT2D eigenvalue weighted by Gasteiger charge is 2.52. The first-order valence-electron chi connectivity index (χ1n) is 14.7. The van der Waals surface area contributed by atoms with Gasteiger partial charge in [-0.05, 0) is 24.4 Å². The largest absolute Gasteiger partial charge is 0.454 e. The van der Waals surface area contributed by atoms with E-state index in [0.717, 1.165) is 5.56 Å². The third kappa shape index (κ3) is 7.40. The molecule has 3 saturated heterocycles. The smallest absolute Gasteiger partial charge is 0.438 e. The molecule has 0 amide bonds. The van der Waals surface area contributed by atoms with Crippen molar-refractivity contribution >= 4 is 40.5 Å². The Kier molecular flexibility index (Phi) is 10.5. The molecule has 3 aliphatic heterocycles. The summed E-state index contributed by atoms with van der Waals surface area (Å²) in [7, 11) is -6.29. The lowest BCUT2D eigenvalue weighted by molar-refractivity contribution is -0.0177. The normalized spacial score (nSPS) is 37.5. The minimum Gasteiger partial charge on any atom is -0.454 e. The second-order valence-electron chi connectivity index (χ2n) is 11.5. The highest BCUT2D eigenvalue weighted by Crippen LogP contribution is 2.57. The maximum atomic E-state index is 14.2. The molecule has 0 aliphatic carbocycles. The lowest BCUT2D eigenvalue weighted by Gasteiger charge is -2.30. The molecule has 11 nitrogen and oxygen atoms in total. The zero-order chi connectivity index (χ0) is 31.5. The van der Waals surface area contributed by atoms with Crippen LogP contribution in [0.1, 0.15) is 31.9 Å². The Bertz CT molecular complexity index is 1390. The molecular weight excluding hydrogens is 609 g/mol. The number of fused-ring (bicyclic) bond motifs is 3. The lowest BCUT2D eigenvalue weighted by atomic mass is 9.86. The molecule has 2 aromatic rings. The van der Waals surface area contributed by atoms with Gasteiger partial charge in [-0.3, -0.25) is 9.05 Å². The Morgan fingerprint density at radius 1 is 0.795 bits per heavy atom. The van der Waals surface area contributed by atoms with Crippen LogP contribution in [0.15, 0.2) is 60.7 Å². The van der Waals surface area contributed by atoms with Gasteiger partial charge in [0.2, 0.25) is 7.34 Å². The topological polar surface area (TPSA) is 125 Å². The summed E-state index contributed by atoms with van der Waals surface area (Å²) in [6.07, 6.45) is 0.612. The fourth-order valence-corrected chi connectivity index (χ4v) is 8.58. The fraction of sp³-hybridized carbons (Fsp3) is 0.500. The van der Waals surface area contributed by atoms with E-state index in [4.69, 9.17) is 37.0 Å². The number of rotatable bonds is 6. The summed E-state index contributed by atoms with van der Waals surface area (Å²) in [5.41, 5.74) is -0.321. The van der Waals surface area contributed by atoms with Gasteiger partial charge in [0.05, 0.1) is 31.5 Å². The molecule has 3 heterocycles. The lowest BCUT2D eigenvalue weighted by Crippen LogP contribution is -2.34. The molecule has 238 valence electrons. The molecule has 2 unspecified atom stereocenters. The maximum absolute atomic E-state index is 14.2. The van der Waals surface area contributed by atoms with Gasteiger partial charge >= 0.3 is 19.0 Å². The number of hydrogen-bond donors (Lipinski definition) is 0. The molecular formula is C30H39BO11P2. The Morgan fingerprint density at radius 3 is 1.98 bits per heavy atom. The van der Waals surface area contributed by atoms with Gasteiger partial charge in [-0.1, -0.05) is 74.5 Å². The first kappa shape index (κ1) is 33.1. The summed E-state index contributed by atoms with van der Waals surface area (Å²) in [6, 6.07) is 17.9. The van der Waals surface area contributed by atoms with Crippen LogP contribution in [0.3, 0.4) is 0 Å². The van der Waals surface area contributed by atoms with Gasteiger partial charge < -0.3 is 28.0 Å². The van der Waals surface area contributed by atoms with Crippen molar-refractivity contribution in [2.24, 2.45) is 11.8 Å².